The standard InChI is InChI=1S/C14H16N6/c1-11-7-12(8-16-14-5-6-17-19(14)2)3-4-13(11)20-10-15-9-18-20/h3-7,9-10,16H,8H2,1-2H3. The second kappa shape index (κ2) is 5.16. The van der Waals surface area contributed by atoms with Crippen molar-refractivity contribution in [3.63, 3.8) is 0 Å². The highest BCUT2D eigenvalue weighted by molar-refractivity contribution is 5.43. The summed E-state index contributed by atoms with van der Waals surface area (Å²) in [4.78, 5) is 3.97. The van der Waals surface area contributed by atoms with E-state index in [1.54, 1.807) is 17.2 Å². The normalized spacial score (nSPS) is 10.7. The topological polar surface area (TPSA) is 60.6 Å². The molecule has 3 rings (SSSR count). The summed E-state index contributed by atoms with van der Waals surface area (Å²) in [6, 6.07) is 8.26. The van der Waals surface area contributed by atoms with Crippen LogP contribution in [-0.2, 0) is 13.6 Å². The van der Waals surface area contributed by atoms with Gasteiger partial charge in [0, 0.05) is 19.7 Å². The molecule has 2 heterocycles. The third-order valence-electron chi connectivity index (χ3n) is 3.22. The van der Waals surface area contributed by atoms with Gasteiger partial charge in [-0.2, -0.15) is 10.2 Å². The Balaban J connectivity index is 1.76. The number of aryl methyl sites for hydroxylation is 2. The highest BCUT2D eigenvalue weighted by atomic mass is 15.3. The minimum atomic E-state index is 0.762. The Labute approximate surface area is 117 Å². The largest absolute Gasteiger partial charge is 0.366 e. The lowest BCUT2D eigenvalue weighted by molar-refractivity contribution is 0.769. The maximum Gasteiger partial charge on any atom is 0.138 e. The summed E-state index contributed by atoms with van der Waals surface area (Å²) < 4.78 is 3.59. The minimum absolute atomic E-state index is 0.762. The van der Waals surface area contributed by atoms with Crippen molar-refractivity contribution < 1.29 is 0 Å². The molecule has 0 fully saturated rings. The molecule has 0 spiro atoms. The summed E-state index contributed by atoms with van der Waals surface area (Å²) in [7, 11) is 1.92. The molecule has 0 radical (unpaired) electrons. The lowest BCUT2D eigenvalue weighted by Crippen LogP contribution is -2.05. The van der Waals surface area contributed by atoms with E-state index in [0.29, 0.717) is 0 Å². The number of nitrogens with one attached hydrogen (secondary N) is 1. The van der Waals surface area contributed by atoms with Gasteiger partial charge in [-0.25, -0.2) is 9.67 Å². The molecule has 0 amide bonds. The molecule has 1 aromatic carbocycles. The van der Waals surface area contributed by atoms with Gasteiger partial charge in [-0.05, 0) is 24.1 Å². The zero-order valence-electron chi connectivity index (χ0n) is 11.5. The predicted octanol–water partition coefficient (Wildman–Crippen LogP) is 1.92. The number of anilines is 1. The molecular weight excluding hydrogens is 252 g/mol. The van der Waals surface area contributed by atoms with E-state index in [0.717, 1.165) is 18.1 Å². The van der Waals surface area contributed by atoms with Crippen LogP contribution in [0.5, 0.6) is 0 Å². The van der Waals surface area contributed by atoms with Crippen LogP contribution in [0, 0.1) is 6.92 Å². The summed E-state index contributed by atoms with van der Waals surface area (Å²) in [5.41, 5.74) is 3.43. The highest BCUT2D eigenvalue weighted by Crippen LogP contribution is 2.15. The van der Waals surface area contributed by atoms with E-state index in [1.807, 2.05) is 17.8 Å². The van der Waals surface area contributed by atoms with Crippen LogP contribution in [0.4, 0.5) is 5.82 Å². The fourth-order valence-corrected chi connectivity index (χ4v) is 2.16. The summed E-state index contributed by atoms with van der Waals surface area (Å²) in [5, 5.41) is 11.6. The van der Waals surface area contributed by atoms with Crippen molar-refractivity contribution in [1.82, 2.24) is 24.5 Å². The summed E-state index contributed by atoms with van der Waals surface area (Å²) in [6.07, 6.45) is 5.02. The Hall–Kier alpha value is -2.63. The van der Waals surface area contributed by atoms with E-state index in [2.05, 4.69) is 45.6 Å². The Bertz CT molecular complexity index is 698. The fourth-order valence-electron chi connectivity index (χ4n) is 2.16. The van der Waals surface area contributed by atoms with Gasteiger partial charge in [-0.1, -0.05) is 12.1 Å². The first kappa shape index (κ1) is 12.4. The van der Waals surface area contributed by atoms with E-state index in [-0.39, 0.29) is 0 Å². The molecule has 0 saturated carbocycles. The molecule has 0 saturated heterocycles. The van der Waals surface area contributed by atoms with Gasteiger partial charge >= 0.3 is 0 Å². The summed E-state index contributed by atoms with van der Waals surface area (Å²) in [6.45, 7) is 2.84. The number of hydrogen-bond donors (Lipinski definition) is 1. The van der Waals surface area contributed by atoms with Crippen LogP contribution >= 0.6 is 0 Å². The van der Waals surface area contributed by atoms with Crippen LogP contribution in [0.25, 0.3) is 5.69 Å². The Morgan fingerprint density at radius 3 is 2.75 bits per heavy atom. The van der Waals surface area contributed by atoms with E-state index >= 15 is 0 Å². The molecule has 6 heteroatoms. The quantitative estimate of drug-likeness (QED) is 0.785. The number of aromatic nitrogens is 5. The number of benzene rings is 1. The van der Waals surface area contributed by atoms with Gasteiger partial charge < -0.3 is 5.32 Å². The molecule has 0 aliphatic carbocycles. The van der Waals surface area contributed by atoms with Crippen LogP contribution < -0.4 is 5.32 Å². The molecule has 0 aliphatic rings. The maximum absolute atomic E-state index is 4.15. The van der Waals surface area contributed by atoms with E-state index in [4.69, 9.17) is 0 Å². The van der Waals surface area contributed by atoms with Crippen LogP contribution in [0.3, 0.4) is 0 Å². The smallest absolute Gasteiger partial charge is 0.138 e. The molecule has 3 aromatic rings. The van der Waals surface area contributed by atoms with Gasteiger partial charge in [-0.15, -0.1) is 0 Å². The van der Waals surface area contributed by atoms with Crippen molar-refractivity contribution in [2.45, 2.75) is 13.5 Å². The van der Waals surface area contributed by atoms with Crippen LogP contribution in [-0.4, -0.2) is 24.5 Å². The Morgan fingerprint density at radius 2 is 2.10 bits per heavy atom. The maximum atomic E-state index is 4.15. The van der Waals surface area contributed by atoms with Crippen molar-refractivity contribution in [3.8, 4) is 5.69 Å². The summed E-state index contributed by atoms with van der Waals surface area (Å²) in [5.74, 6) is 1.00. The molecule has 0 aliphatic heterocycles. The van der Waals surface area contributed by atoms with Gasteiger partial charge in [0.25, 0.3) is 0 Å². The first-order valence-corrected chi connectivity index (χ1v) is 6.40. The van der Waals surface area contributed by atoms with Crippen LogP contribution in [0.1, 0.15) is 11.1 Å². The second-order valence-electron chi connectivity index (χ2n) is 4.65. The van der Waals surface area contributed by atoms with Crippen LogP contribution in [0.2, 0.25) is 0 Å². The van der Waals surface area contributed by atoms with E-state index < -0.39 is 0 Å². The molecule has 0 bridgehead atoms. The summed E-state index contributed by atoms with van der Waals surface area (Å²) >= 11 is 0. The molecule has 0 atom stereocenters. The number of nitrogens with zero attached hydrogens (tertiary/aromatic N) is 5. The van der Waals surface area contributed by atoms with Gasteiger partial charge in [0.1, 0.15) is 18.5 Å². The first-order valence-electron chi connectivity index (χ1n) is 6.40. The molecule has 20 heavy (non-hydrogen) atoms. The van der Waals surface area contributed by atoms with Crippen molar-refractivity contribution in [3.05, 3.63) is 54.2 Å². The van der Waals surface area contributed by atoms with E-state index in [9.17, 15) is 0 Å². The van der Waals surface area contributed by atoms with Gasteiger partial charge in [-0.3, -0.25) is 4.68 Å². The lowest BCUT2D eigenvalue weighted by Gasteiger charge is -2.10. The van der Waals surface area contributed by atoms with Crippen molar-refractivity contribution in [1.29, 1.82) is 0 Å². The predicted molar refractivity (Wildman–Crippen MR) is 76.6 cm³/mol. The van der Waals surface area contributed by atoms with Crippen LogP contribution in [0.15, 0.2) is 43.1 Å². The van der Waals surface area contributed by atoms with Crippen molar-refractivity contribution >= 4 is 5.82 Å². The van der Waals surface area contributed by atoms with Crippen molar-refractivity contribution in [2.75, 3.05) is 5.32 Å². The zero-order valence-corrected chi connectivity index (χ0v) is 11.5. The average molecular weight is 268 g/mol. The van der Waals surface area contributed by atoms with E-state index in [1.165, 1.54) is 17.5 Å². The number of rotatable bonds is 4. The Kier molecular flexibility index (Phi) is 3.20. The van der Waals surface area contributed by atoms with Crippen molar-refractivity contribution in [2.24, 2.45) is 7.05 Å². The zero-order chi connectivity index (χ0) is 13.9. The monoisotopic (exact) mass is 268 g/mol. The van der Waals surface area contributed by atoms with Gasteiger partial charge in [0.05, 0.1) is 11.9 Å². The molecule has 0 unspecified atom stereocenters. The highest BCUT2D eigenvalue weighted by Gasteiger charge is 2.04. The fraction of sp³-hybridized carbons (Fsp3) is 0.214. The Morgan fingerprint density at radius 1 is 1.20 bits per heavy atom. The van der Waals surface area contributed by atoms with Gasteiger partial charge in [0.15, 0.2) is 0 Å². The lowest BCUT2D eigenvalue weighted by atomic mass is 10.1. The minimum Gasteiger partial charge on any atom is -0.366 e. The first-order chi connectivity index (χ1) is 9.74. The third kappa shape index (κ3) is 2.40. The third-order valence-corrected chi connectivity index (χ3v) is 3.22. The SMILES string of the molecule is Cc1cc(CNc2ccnn2C)ccc1-n1cncn1. The van der Waals surface area contributed by atoms with Gasteiger partial charge in [0.2, 0.25) is 0 Å². The molecule has 1 N–H and O–H groups in total. The second-order valence-corrected chi connectivity index (χ2v) is 4.65. The molecule has 102 valence electrons. The number of hydrogen-bond acceptors (Lipinski definition) is 4. The molecule has 2 aromatic heterocycles. The average Bonchev–Trinajstić information content (AvgIpc) is 3.08. The molecular formula is C14H16N6. The molecule has 6 nitrogen and oxygen atoms in total.